The van der Waals surface area contributed by atoms with Crippen molar-refractivity contribution in [2.24, 2.45) is 14.1 Å². The first kappa shape index (κ1) is 30.7. The standard InChI is InChI=1S/C47H32N4O2/c1-50-41-25-23-33(27-42(41)51(2)47(50)52)29-18-20-31(21-19-29)39-28-40(49-46(48-39)32-11-4-3-5-12-32)35-14-8-13-34(26-35)36-16-9-17-43-44(36)38-24-22-30-10-6-7-15-37(30)45(38)53-43/h3-28H,1-2H3. The summed E-state index contributed by atoms with van der Waals surface area (Å²) >= 11 is 0. The summed E-state index contributed by atoms with van der Waals surface area (Å²) < 4.78 is 9.87. The lowest BCUT2D eigenvalue weighted by Gasteiger charge is -2.11. The maximum Gasteiger partial charge on any atom is 0.328 e. The van der Waals surface area contributed by atoms with E-state index in [2.05, 4.69) is 115 Å². The lowest BCUT2D eigenvalue weighted by molar-refractivity contribution is 0.673. The average Bonchev–Trinajstić information content (AvgIpc) is 3.72. The van der Waals surface area contributed by atoms with E-state index < -0.39 is 0 Å². The summed E-state index contributed by atoms with van der Waals surface area (Å²) in [4.78, 5) is 22.7. The number of imidazole rings is 1. The maximum atomic E-state index is 12.5. The highest BCUT2D eigenvalue weighted by atomic mass is 16.3. The number of fused-ring (bicyclic) bond motifs is 6. The Kier molecular flexibility index (Phi) is 6.98. The van der Waals surface area contributed by atoms with Gasteiger partial charge in [0.25, 0.3) is 0 Å². The number of aryl methyl sites for hydroxylation is 2. The van der Waals surface area contributed by atoms with Gasteiger partial charge >= 0.3 is 5.69 Å². The highest BCUT2D eigenvalue weighted by molar-refractivity contribution is 6.19. The van der Waals surface area contributed by atoms with Gasteiger partial charge in [-0.05, 0) is 64.0 Å². The van der Waals surface area contributed by atoms with Crippen molar-refractivity contribution in [1.82, 2.24) is 19.1 Å². The molecule has 0 atom stereocenters. The molecule has 3 heterocycles. The summed E-state index contributed by atoms with van der Waals surface area (Å²) in [5, 5.41) is 4.48. The van der Waals surface area contributed by atoms with Gasteiger partial charge in [0.2, 0.25) is 0 Å². The van der Waals surface area contributed by atoms with Crippen LogP contribution in [-0.4, -0.2) is 19.1 Å². The van der Waals surface area contributed by atoms with E-state index in [0.717, 1.165) is 94.1 Å². The van der Waals surface area contributed by atoms with Gasteiger partial charge in [-0.1, -0.05) is 121 Å². The van der Waals surface area contributed by atoms with Crippen LogP contribution in [0.1, 0.15) is 0 Å². The predicted molar refractivity (Wildman–Crippen MR) is 216 cm³/mol. The molecular weight excluding hydrogens is 653 g/mol. The summed E-state index contributed by atoms with van der Waals surface area (Å²) in [6.07, 6.45) is 0. The minimum atomic E-state index is -0.0346. The van der Waals surface area contributed by atoms with E-state index in [4.69, 9.17) is 14.4 Å². The number of rotatable bonds is 5. The second-order valence-corrected chi connectivity index (χ2v) is 13.5. The SMILES string of the molecule is Cn1c(=O)n(C)c2cc(-c3ccc(-c4cc(-c5cccc(-c6cccc7oc8c9ccccc9ccc8c67)c5)nc(-c5ccccc5)n4)cc3)ccc21. The molecule has 0 bridgehead atoms. The van der Waals surface area contributed by atoms with Crippen molar-refractivity contribution in [1.29, 1.82) is 0 Å². The highest BCUT2D eigenvalue weighted by Crippen LogP contribution is 2.40. The van der Waals surface area contributed by atoms with Crippen molar-refractivity contribution < 1.29 is 4.42 Å². The van der Waals surface area contributed by atoms with Crippen LogP contribution in [-0.2, 0) is 14.1 Å². The number of benzene rings is 7. The average molecular weight is 685 g/mol. The Labute approximate surface area is 304 Å². The van der Waals surface area contributed by atoms with Gasteiger partial charge in [-0.25, -0.2) is 14.8 Å². The van der Waals surface area contributed by atoms with E-state index in [1.54, 1.807) is 16.2 Å². The van der Waals surface area contributed by atoms with E-state index in [1.165, 1.54) is 0 Å². The molecule has 6 heteroatoms. The molecule has 252 valence electrons. The van der Waals surface area contributed by atoms with Crippen LogP contribution in [0.5, 0.6) is 0 Å². The zero-order valence-corrected chi connectivity index (χ0v) is 29.1. The summed E-state index contributed by atoms with van der Waals surface area (Å²) in [6.45, 7) is 0. The molecule has 3 aromatic heterocycles. The third-order valence-electron chi connectivity index (χ3n) is 10.4. The van der Waals surface area contributed by atoms with Crippen molar-refractivity contribution in [2.45, 2.75) is 0 Å². The quantitative estimate of drug-likeness (QED) is 0.181. The first-order chi connectivity index (χ1) is 26.0. The predicted octanol–water partition coefficient (Wildman–Crippen LogP) is 11.1. The van der Waals surface area contributed by atoms with E-state index >= 15 is 0 Å². The van der Waals surface area contributed by atoms with Gasteiger partial charge in [0, 0.05) is 46.9 Å². The Morgan fingerprint density at radius 1 is 0.491 bits per heavy atom. The van der Waals surface area contributed by atoms with Crippen LogP contribution in [0.25, 0.3) is 99.9 Å². The molecule has 0 amide bonds. The molecule has 10 aromatic rings. The van der Waals surface area contributed by atoms with E-state index in [9.17, 15) is 4.79 Å². The van der Waals surface area contributed by atoms with Crippen LogP contribution in [0.2, 0.25) is 0 Å². The molecule has 53 heavy (non-hydrogen) atoms. The Morgan fingerprint density at radius 3 is 2.02 bits per heavy atom. The highest BCUT2D eigenvalue weighted by Gasteiger charge is 2.17. The fraction of sp³-hybridized carbons (Fsp3) is 0.0426. The van der Waals surface area contributed by atoms with Crippen LogP contribution < -0.4 is 5.69 Å². The third-order valence-corrected chi connectivity index (χ3v) is 10.4. The molecule has 0 aliphatic carbocycles. The van der Waals surface area contributed by atoms with Crippen molar-refractivity contribution in [3.8, 4) is 56.2 Å². The molecule has 0 aliphatic heterocycles. The lowest BCUT2D eigenvalue weighted by Crippen LogP contribution is -2.19. The van der Waals surface area contributed by atoms with Gasteiger partial charge in [0.15, 0.2) is 5.82 Å². The molecule has 7 aromatic carbocycles. The van der Waals surface area contributed by atoms with Crippen molar-refractivity contribution in [3.05, 3.63) is 168 Å². The molecule has 0 N–H and O–H groups in total. The molecule has 6 nitrogen and oxygen atoms in total. The van der Waals surface area contributed by atoms with Crippen LogP contribution in [0, 0.1) is 0 Å². The van der Waals surface area contributed by atoms with E-state index in [0.29, 0.717) is 5.82 Å². The molecule has 0 radical (unpaired) electrons. The molecule has 0 aliphatic rings. The molecule has 0 fully saturated rings. The zero-order valence-electron chi connectivity index (χ0n) is 29.1. The third kappa shape index (κ3) is 5.06. The van der Waals surface area contributed by atoms with Crippen LogP contribution >= 0.6 is 0 Å². The van der Waals surface area contributed by atoms with Crippen molar-refractivity contribution >= 4 is 43.7 Å². The van der Waals surface area contributed by atoms with Gasteiger partial charge in [0.1, 0.15) is 11.2 Å². The van der Waals surface area contributed by atoms with Crippen molar-refractivity contribution in [3.63, 3.8) is 0 Å². The minimum absolute atomic E-state index is 0.0346. The van der Waals surface area contributed by atoms with Crippen LogP contribution in [0.15, 0.2) is 167 Å². The molecular formula is C47H32N4O2. The Balaban J connectivity index is 1.08. The first-order valence-corrected chi connectivity index (χ1v) is 17.6. The largest absolute Gasteiger partial charge is 0.455 e. The molecule has 0 spiro atoms. The number of furan rings is 1. The smallest absolute Gasteiger partial charge is 0.328 e. The first-order valence-electron chi connectivity index (χ1n) is 17.6. The Bertz CT molecular complexity index is 3100. The maximum absolute atomic E-state index is 12.5. The fourth-order valence-electron chi connectivity index (χ4n) is 7.62. The number of hydrogen-bond donors (Lipinski definition) is 0. The van der Waals surface area contributed by atoms with Gasteiger partial charge in [-0.15, -0.1) is 0 Å². The summed E-state index contributed by atoms with van der Waals surface area (Å²) in [7, 11) is 3.61. The topological polar surface area (TPSA) is 65.8 Å². The molecule has 0 saturated heterocycles. The van der Waals surface area contributed by atoms with Gasteiger partial charge in [0.05, 0.1) is 22.4 Å². The lowest BCUT2D eigenvalue weighted by atomic mass is 9.96. The Hall–Kier alpha value is -7.05. The molecule has 0 saturated carbocycles. The second kappa shape index (κ2) is 12.0. The Morgan fingerprint density at radius 2 is 1.17 bits per heavy atom. The molecule has 10 rings (SSSR count). The normalized spacial score (nSPS) is 11.7. The second-order valence-electron chi connectivity index (χ2n) is 13.5. The summed E-state index contributed by atoms with van der Waals surface area (Å²) in [5.41, 5.74) is 12.5. The van der Waals surface area contributed by atoms with Gasteiger partial charge in [-0.3, -0.25) is 9.13 Å². The monoisotopic (exact) mass is 684 g/mol. The van der Waals surface area contributed by atoms with Gasteiger partial charge < -0.3 is 4.42 Å². The number of aromatic nitrogens is 4. The minimum Gasteiger partial charge on any atom is -0.455 e. The van der Waals surface area contributed by atoms with Crippen molar-refractivity contribution in [2.75, 3.05) is 0 Å². The zero-order chi connectivity index (χ0) is 35.6. The fourth-order valence-corrected chi connectivity index (χ4v) is 7.62. The van der Waals surface area contributed by atoms with E-state index in [1.807, 2.05) is 49.5 Å². The summed E-state index contributed by atoms with van der Waals surface area (Å²) in [5.74, 6) is 0.665. The summed E-state index contributed by atoms with van der Waals surface area (Å²) in [6, 6.07) is 54.3. The van der Waals surface area contributed by atoms with Gasteiger partial charge in [-0.2, -0.15) is 0 Å². The molecule has 0 unspecified atom stereocenters. The number of hydrogen-bond acceptors (Lipinski definition) is 4. The van der Waals surface area contributed by atoms with Crippen LogP contribution in [0.4, 0.5) is 0 Å². The van der Waals surface area contributed by atoms with E-state index in [-0.39, 0.29) is 5.69 Å². The van der Waals surface area contributed by atoms with Crippen LogP contribution in [0.3, 0.4) is 0 Å². The number of nitrogens with zero attached hydrogens (tertiary/aromatic N) is 4.